The summed E-state index contributed by atoms with van der Waals surface area (Å²) in [7, 11) is 0. The molecule has 5 heteroatoms. The molecular weight excluding hydrogens is 244 g/mol. The minimum atomic E-state index is -0.296. The number of hydrogen-bond donors (Lipinski definition) is 3. The van der Waals surface area contributed by atoms with Crippen molar-refractivity contribution in [3.05, 3.63) is 29.8 Å². The Labute approximate surface area is 112 Å². The maximum Gasteiger partial charge on any atom is 0.319 e. The van der Waals surface area contributed by atoms with Crippen LogP contribution < -0.4 is 10.6 Å². The Morgan fingerprint density at radius 2 is 1.89 bits per heavy atom. The maximum absolute atomic E-state index is 11.7. The van der Waals surface area contributed by atoms with E-state index in [1.165, 1.54) is 6.92 Å². The minimum Gasteiger partial charge on any atom is -0.396 e. The standard InChI is InChI=1S/C14H18N2O3/c1-10(18)11-2-4-12(5-3-11)16-13(19)15-8-14(9-17)6-7-14/h2-5,17H,6-9H2,1H3,(H2,15,16,19). The highest BCUT2D eigenvalue weighted by Gasteiger charge is 2.42. The number of benzene rings is 1. The molecule has 1 aliphatic rings. The number of aliphatic hydroxyl groups excluding tert-OH is 1. The van der Waals surface area contributed by atoms with Crippen LogP contribution in [0.25, 0.3) is 0 Å². The van der Waals surface area contributed by atoms with Gasteiger partial charge in [-0.15, -0.1) is 0 Å². The third-order valence-electron chi connectivity index (χ3n) is 3.47. The molecule has 0 atom stereocenters. The predicted octanol–water partition coefficient (Wildman–Crippen LogP) is 1.78. The molecule has 1 fully saturated rings. The molecule has 0 heterocycles. The zero-order chi connectivity index (χ0) is 13.9. The average molecular weight is 262 g/mol. The van der Waals surface area contributed by atoms with E-state index < -0.39 is 0 Å². The number of urea groups is 1. The van der Waals surface area contributed by atoms with Gasteiger partial charge in [0.25, 0.3) is 0 Å². The number of aliphatic hydroxyl groups is 1. The second kappa shape index (κ2) is 5.40. The van der Waals surface area contributed by atoms with Crippen molar-refractivity contribution in [1.29, 1.82) is 0 Å². The molecule has 2 amide bonds. The lowest BCUT2D eigenvalue weighted by Crippen LogP contribution is -2.35. The molecule has 0 spiro atoms. The van der Waals surface area contributed by atoms with E-state index in [1.54, 1.807) is 24.3 Å². The van der Waals surface area contributed by atoms with Crippen LogP contribution >= 0.6 is 0 Å². The van der Waals surface area contributed by atoms with Crippen LogP contribution in [-0.4, -0.2) is 30.1 Å². The quantitative estimate of drug-likeness (QED) is 0.708. The maximum atomic E-state index is 11.7. The Hall–Kier alpha value is -1.88. The van der Waals surface area contributed by atoms with E-state index in [0.717, 1.165) is 12.8 Å². The normalized spacial score (nSPS) is 15.7. The molecule has 1 aliphatic carbocycles. The van der Waals surface area contributed by atoms with Gasteiger partial charge in [-0.1, -0.05) is 0 Å². The lowest BCUT2D eigenvalue weighted by molar-refractivity contribution is 0.101. The zero-order valence-corrected chi connectivity index (χ0v) is 10.9. The van der Waals surface area contributed by atoms with E-state index in [4.69, 9.17) is 5.11 Å². The molecule has 1 aromatic rings. The Kier molecular flexibility index (Phi) is 3.85. The highest BCUT2D eigenvalue weighted by atomic mass is 16.3. The highest BCUT2D eigenvalue weighted by Crippen LogP contribution is 2.44. The monoisotopic (exact) mass is 262 g/mol. The summed E-state index contributed by atoms with van der Waals surface area (Å²) in [5, 5.41) is 14.6. The Morgan fingerprint density at radius 3 is 2.37 bits per heavy atom. The largest absolute Gasteiger partial charge is 0.396 e. The molecule has 1 aromatic carbocycles. The SMILES string of the molecule is CC(=O)c1ccc(NC(=O)NCC2(CO)CC2)cc1. The number of nitrogens with one attached hydrogen (secondary N) is 2. The van der Waals surface area contributed by atoms with E-state index in [1.807, 2.05) is 0 Å². The van der Waals surface area contributed by atoms with Crippen LogP contribution in [0.3, 0.4) is 0 Å². The molecular formula is C14H18N2O3. The van der Waals surface area contributed by atoms with Crippen LogP contribution in [0.1, 0.15) is 30.1 Å². The average Bonchev–Trinajstić information content (AvgIpc) is 3.18. The number of hydrogen-bond acceptors (Lipinski definition) is 3. The van der Waals surface area contributed by atoms with Crippen LogP contribution in [0.4, 0.5) is 10.5 Å². The van der Waals surface area contributed by atoms with Crippen molar-refractivity contribution in [3.63, 3.8) is 0 Å². The van der Waals surface area contributed by atoms with Gasteiger partial charge in [0.15, 0.2) is 5.78 Å². The van der Waals surface area contributed by atoms with Crippen molar-refractivity contribution in [2.24, 2.45) is 5.41 Å². The van der Waals surface area contributed by atoms with E-state index in [-0.39, 0.29) is 23.8 Å². The number of ketones is 1. The third-order valence-corrected chi connectivity index (χ3v) is 3.47. The van der Waals surface area contributed by atoms with Gasteiger partial charge in [0.2, 0.25) is 0 Å². The van der Waals surface area contributed by atoms with E-state index in [0.29, 0.717) is 17.8 Å². The summed E-state index contributed by atoms with van der Waals surface area (Å²) in [6, 6.07) is 6.43. The van der Waals surface area contributed by atoms with Crippen LogP contribution in [0.5, 0.6) is 0 Å². The number of amides is 2. The van der Waals surface area contributed by atoms with Gasteiger partial charge in [0, 0.05) is 23.2 Å². The second-order valence-corrected chi connectivity index (χ2v) is 5.10. The number of carbonyl (C=O) groups is 2. The van der Waals surface area contributed by atoms with E-state index in [2.05, 4.69) is 10.6 Å². The predicted molar refractivity (Wildman–Crippen MR) is 72.2 cm³/mol. The van der Waals surface area contributed by atoms with Crippen molar-refractivity contribution in [2.75, 3.05) is 18.5 Å². The van der Waals surface area contributed by atoms with Gasteiger partial charge in [0.05, 0.1) is 6.61 Å². The Balaban J connectivity index is 1.83. The van der Waals surface area contributed by atoms with Crippen LogP contribution in [0.2, 0.25) is 0 Å². The summed E-state index contributed by atoms with van der Waals surface area (Å²) in [5.74, 6) is -0.00498. The fraction of sp³-hybridized carbons (Fsp3) is 0.429. The van der Waals surface area contributed by atoms with Crippen molar-refractivity contribution >= 4 is 17.5 Å². The molecule has 19 heavy (non-hydrogen) atoms. The first kappa shape index (κ1) is 13.5. The van der Waals surface area contributed by atoms with Crippen molar-refractivity contribution in [3.8, 4) is 0 Å². The minimum absolute atomic E-state index is 0.00498. The zero-order valence-electron chi connectivity index (χ0n) is 10.9. The van der Waals surface area contributed by atoms with Gasteiger partial charge < -0.3 is 15.7 Å². The van der Waals surface area contributed by atoms with Crippen LogP contribution in [0, 0.1) is 5.41 Å². The first-order chi connectivity index (χ1) is 9.04. The molecule has 0 unspecified atom stereocenters. The van der Waals surface area contributed by atoms with Crippen molar-refractivity contribution in [2.45, 2.75) is 19.8 Å². The van der Waals surface area contributed by atoms with E-state index >= 15 is 0 Å². The second-order valence-electron chi connectivity index (χ2n) is 5.10. The summed E-state index contributed by atoms with van der Waals surface area (Å²) in [6.07, 6.45) is 1.91. The summed E-state index contributed by atoms with van der Waals surface area (Å²) in [5.41, 5.74) is 1.15. The number of anilines is 1. The molecule has 0 aliphatic heterocycles. The molecule has 2 rings (SSSR count). The van der Waals surface area contributed by atoms with Crippen LogP contribution in [0.15, 0.2) is 24.3 Å². The first-order valence-corrected chi connectivity index (χ1v) is 6.31. The first-order valence-electron chi connectivity index (χ1n) is 6.31. The van der Waals surface area contributed by atoms with Gasteiger partial charge in [0.1, 0.15) is 0 Å². The molecule has 0 aromatic heterocycles. The molecule has 0 saturated heterocycles. The fourth-order valence-corrected chi connectivity index (χ4v) is 1.80. The van der Waals surface area contributed by atoms with Crippen molar-refractivity contribution < 1.29 is 14.7 Å². The topological polar surface area (TPSA) is 78.4 Å². The number of carbonyl (C=O) groups excluding carboxylic acids is 2. The number of rotatable bonds is 5. The molecule has 3 N–H and O–H groups in total. The van der Waals surface area contributed by atoms with Gasteiger partial charge >= 0.3 is 6.03 Å². The van der Waals surface area contributed by atoms with Crippen molar-refractivity contribution in [1.82, 2.24) is 5.32 Å². The lowest BCUT2D eigenvalue weighted by Gasteiger charge is -2.13. The summed E-state index contributed by atoms with van der Waals surface area (Å²) in [6.45, 7) is 2.10. The summed E-state index contributed by atoms with van der Waals surface area (Å²) in [4.78, 5) is 22.8. The molecule has 0 bridgehead atoms. The third kappa shape index (κ3) is 3.54. The fourth-order valence-electron chi connectivity index (χ4n) is 1.80. The molecule has 0 radical (unpaired) electrons. The lowest BCUT2D eigenvalue weighted by atomic mass is 10.1. The Morgan fingerprint density at radius 1 is 1.26 bits per heavy atom. The molecule has 102 valence electrons. The summed E-state index contributed by atoms with van der Waals surface area (Å²) < 4.78 is 0. The van der Waals surface area contributed by atoms with Gasteiger partial charge in [-0.2, -0.15) is 0 Å². The van der Waals surface area contributed by atoms with Crippen LogP contribution in [-0.2, 0) is 0 Å². The molecule has 1 saturated carbocycles. The Bertz CT molecular complexity index is 478. The smallest absolute Gasteiger partial charge is 0.319 e. The summed E-state index contributed by atoms with van der Waals surface area (Å²) >= 11 is 0. The van der Waals surface area contributed by atoms with Gasteiger partial charge in [-0.25, -0.2) is 4.79 Å². The van der Waals surface area contributed by atoms with Gasteiger partial charge in [-0.05, 0) is 44.0 Å². The highest BCUT2D eigenvalue weighted by molar-refractivity contribution is 5.95. The van der Waals surface area contributed by atoms with E-state index in [9.17, 15) is 9.59 Å². The number of Topliss-reactive ketones (excluding diaryl/α,β-unsaturated/α-hetero) is 1. The molecule has 5 nitrogen and oxygen atoms in total. The van der Waals surface area contributed by atoms with Gasteiger partial charge in [-0.3, -0.25) is 4.79 Å².